The van der Waals surface area contributed by atoms with E-state index in [9.17, 15) is 0 Å². The maximum atomic E-state index is 5.24. The van der Waals surface area contributed by atoms with Gasteiger partial charge in [0.25, 0.3) is 0 Å². The lowest BCUT2D eigenvalue weighted by Crippen LogP contribution is -2.14. The van der Waals surface area contributed by atoms with Crippen molar-refractivity contribution >= 4 is 10.8 Å². The third-order valence-electron chi connectivity index (χ3n) is 10.0. The number of hydrogen-bond acceptors (Lipinski definition) is 3. The van der Waals surface area contributed by atoms with Crippen molar-refractivity contribution in [1.82, 2.24) is 15.0 Å². The topological polar surface area (TPSA) is 38.7 Å². The Morgan fingerprint density at radius 2 is 0.980 bits per heavy atom. The summed E-state index contributed by atoms with van der Waals surface area (Å²) in [6, 6.07) is 54.0. The van der Waals surface area contributed by atoms with Crippen molar-refractivity contribution in [2.75, 3.05) is 0 Å². The molecular weight excluding hydrogens is 595 g/mol. The van der Waals surface area contributed by atoms with E-state index in [1.165, 1.54) is 44.2 Å². The minimum Gasteiger partial charge on any atom is -0.265 e. The van der Waals surface area contributed by atoms with Gasteiger partial charge in [0, 0.05) is 34.5 Å². The van der Waals surface area contributed by atoms with Crippen molar-refractivity contribution in [2.45, 2.75) is 19.3 Å². The lowest BCUT2D eigenvalue weighted by Gasteiger charge is -2.22. The van der Waals surface area contributed by atoms with Gasteiger partial charge in [0.2, 0.25) is 0 Å². The second-order valence-electron chi connectivity index (χ2n) is 13.3. The van der Waals surface area contributed by atoms with Gasteiger partial charge in [0.1, 0.15) is 0 Å². The summed E-state index contributed by atoms with van der Waals surface area (Å²) < 4.78 is 0. The standard InChI is InChI=1S/C46H33N3/c1-46(2)40-14-8-13-38(44(40)39-27-36-11-6-7-12-37(36)28-41(39)46)43-29-42(48-45(49-43)35-9-4-3-5-10-35)34-21-19-31(20-22-34)30-15-17-32(18-16-30)33-23-25-47-26-24-33/h3-29H,1-2H3. The SMILES string of the molecule is CC1(C)c2cc3ccccc3cc2-c2c(-c3cc(-c4ccc(-c5ccc(-c6ccncc6)cc5)cc4)nc(-c4ccccc4)n3)cccc21. The van der Waals surface area contributed by atoms with Gasteiger partial charge in [-0.3, -0.25) is 4.98 Å². The highest BCUT2D eigenvalue weighted by Crippen LogP contribution is 2.53. The molecule has 0 spiro atoms. The molecule has 8 aromatic rings. The second kappa shape index (κ2) is 11.5. The van der Waals surface area contributed by atoms with Crippen molar-refractivity contribution in [3.8, 4) is 67.3 Å². The number of nitrogens with zero attached hydrogens (tertiary/aromatic N) is 3. The molecule has 6 aromatic carbocycles. The molecule has 9 rings (SSSR count). The Morgan fingerprint density at radius 1 is 0.408 bits per heavy atom. The summed E-state index contributed by atoms with van der Waals surface area (Å²) in [4.78, 5) is 14.5. The van der Waals surface area contributed by atoms with Crippen molar-refractivity contribution < 1.29 is 0 Å². The molecule has 1 aliphatic carbocycles. The summed E-state index contributed by atoms with van der Waals surface area (Å²) >= 11 is 0. The third-order valence-corrected chi connectivity index (χ3v) is 10.0. The number of fused-ring (bicyclic) bond motifs is 4. The van der Waals surface area contributed by atoms with Crippen molar-refractivity contribution in [2.24, 2.45) is 0 Å². The monoisotopic (exact) mass is 627 g/mol. The molecule has 49 heavy (non-hydrogen) atoms. The first-order valence-corrected chi connectivity index (χ1v) is 16.8. The molecule has 0 aliphatic heterocycles. The van der Waals surface area contributed by atoms with E-state index < -0.39 is 0 Å². The van der Waals surface area contributed by atoms with Crippen molar-refractivity contribution in [3.63, 3.8) is 0 Å². The molecule has 0 N–H and O–H groups in total. The number of aromatic nitrogens is 3. The summed E-state index contributed by atoms with van der Waals surface area (Å²) in [6.45, 7) is 4.68. The molecule has 0 saturated carbocycles. The molecule has 2 aromatic heterocycles. The Labute approximate surface area is 286 Å². The number of benzene rings is 6. The summed E-state index contributed by atoms with van der Waals surface area (Å²) in [6.07, 6.45) is 3.66. The van der Waals surface area contributed by atoms with E-state index in [2.05, 4.69) is 140 Å². The Kier molecular flexibility index (Phi) is 6.80. The number of hydrogen-bond donors (Lipinski definition) is 0. The van der Waals surface area contributed by atoms with Crippen molar-refractivity contribution in [3.05, 3.63) is 175 Å². The molecule has 0 saturated heterocycles. The summed E-state index contributed by atoms with van der Waals surface area (Å²) in [5.74, 6) is 0.720. The average Bonchev–Trinajstić information content (AvgIpc) is 3.39. The Balaban J connectivity index is 1.16. The van der Waals surface area contributed by atoms with Gasteiger partial charge >= 0.3 is 0 Å². The zero-order valence-corrected chi connectivity index (χ0v) is 27.4. The molecule has 0 fully saturated rings. The molecule has 0 amide bonds. The van der Waals surface area contributed by atoms with Crippen LogP contribution >= 0.6 is 0 Å². The minimum atomic E-state index is -0.130. The third kappa shape index (κ3) is 5.03. The fourth-order valence-electron chi connectivity index (χ4n) is 7.37. The second-order valence-corrected chi connectivity index (χ2v) is 13.3. The van der Waals surface area contributed by atoms with E-state index in [1.807, 2.05) is 42.7 Å². The van der Waals surface area contributed by atoms with Crippen LogP contribution in [-0.4, -0.2) is 15.0 Å². The molecule has 1 aliphatic rings. The van der Waals surface area contributed by atoms with Crippen LogP contribution < -0.4 is 0 Å². The van der Waals surface area contributed by atoms with Crippen LogP contribution in [0.4, 0.5) is 0 Å². The Bertz CT molecular complexity index is 2480. The molecule has 232 valence electrons. The predicted octanol–water partition coefficient (Wildman–Crippen LogP) is 11.7. The first-order valence-electron chi connectivity index (χ1n) is 16.8. The summed E-state index contributed by atoms with van der Waals surface area (Å²) in [7, 11) is 0. The molecule has 2 heterocycles. The van der Waals surface area contributed by atoms with Crippen LogP contribution in [0.3, 0.4) is 0 Å². The van der Waals surface area contributed by atoms with Crippen molar-refractivity contribution in [1.29, 1.82) is 0 Å². The molecule has 0 bridgehead atoms. The maximum Gasteiger partial charge on any atom is 0.160 e. The predicted molar refractivity (Wildman–Crippen MR) is 202 cm³/mol. The quantitative estimate of drug-likeness (QED) is 0.191. The van der Waals surface area contributed by atoms with Crippen LogP contribution in [0.15, 0.2) is 164 Å². The zero-order valence-electron chi connectivity index (χ0n) is 27.4. The van der Waals surface area contributed by atoms with Gasteiger partial charge in [-0.2, -0.15) is 0 Å². The molecule has 3 nitrogen and oxygen atoms in total. The van der Waals surface area contributed by atoms with Crippen LogP contribution in [-0.2, 0) is 5.41 Å². The van der Waals surface area contributed by atoms with Gasteiger partial charge in [-0.1, -0.05) is 135 Å². The minimum absolute atomic E-state index is 0.130. The van der Waals surface area contributed by atoms with E-state index in [4.69, 9.17) is 9.97 Å². The van der Waals surface area contributed by atoms with Crippen LogP contribution in [0.2, 0.25) is 0 Å². The summed E-state index contributed by atoms with van der Waals surface area (Å²) in [5, 5.41) is 2.52. The largest absolute Gasteiger partial charge is 0.265 e. The Morgan fingerprint density at radius 3 is 1.65 bits per heavy atom. The molecule has 0 atom stereocenters. The fourth-order valence-corrected chi connectivity index (χ4v) is 7.37. The van der Waals surface area contributed by atoms with Crippen LogP contribution in [0.5, 0.6) is 0 Å². The van der Waals surface area contributed by atoms with Crippen LogP contribution in [0.1, 0.15) is 25.0 Å². The number of rotatable bonds is 5. The zero-order chi connectivity index (χ0) is 33.0. The fraction of sp³-hybridized carbons (Fsp3) is 0.0652. The molecular formula is C46H33N3. The lowest BCUT2D eigenvalue weighted by atomic mass is 9.81. The summed E-state index contributed by atoms with van der Waals surface area (Å²) in [5.41, 5.74) is 14.8. The number of pyridine rings is 1. The highest BCUT2D eigenvalue weighted by molar-refractivity contribution is 5.98. The smallest absolute Gasteiger partial charge is 0.160 e. The Hall–Kier alpha value is -6.19. The maximum absolute atomic E-state index is 5.24. The van der Waals surface area contributed by atoms with Crippen LogP contribution in [0, 0.1) is 0 Å². The van der Waals surface area contributed by atoms with Gasteiger partial charge in [-0.15, -0.1) is 0 Å². The van der Waals surface area contributed by atoms with Gasteiger partial charge in [0.05, 0.1) is 11.4 Å². The molecule has 3 heteroatoms. The van der Waals surface area contributed by atoms with Gasteiger partial charge in [0.15, 0.2) is 5.82 Å². The first kappa shape index (κ1) is 29.0. The van der Waals surface area contributed by atoms with Gasteiger partial charge in [-0.05, 0) is 85.6 Å². The van der Waals surface area contributed by atoms with E-state index in [0.717, 1.165) is 45.0 Å². The lowest BCUT2D eigenvalue weighted by molar-refractivity contribution is 0.661. The van der Waals surface area contributed by atoms with E-state index >= 15 is 0 Å². The first-order chi connectivity index (χ1) is 24.0. The molecule has 0 radical (unpaired) electrons. The van der Waals surface area contributed by atoms with E-state index in [1.54, 1.807) is 0 Å². The highest BCUT2D eigenvalue weighted by atomic mass is 14.9. The van der Waals surface area contributed by atoms with Gasteiger partial charge in [-0.25, -0.2) is 9.97 Å². The molecule has 0 unspecified atom stereocenters. The van der Waals surface area contributed by atoms with E-state index in [0.29, 0.717) is 0 Å². The highest BCUT2D eigenvalue weighted by Gasteiger charge is 2.37. The normalized spacial score (nSPS) is 12.9. The average molecular weight is 628 g/mol. The van der Waals surface area contributed by atoms with E-state index in [-0.39, 0.29) is 5.41 Å². The van der Waals surface area contributed by atoms with Crippen LogP contribution in [0.25, 0.3) is 78.1 Å². The van der Waals surface area contributed by atoms with Gasteiger partial charge < -0.3 is 0 Å².